The highest BCUT2D eigenvalue weighted by Crippen LogP contribution is 2.21. The van der Waals surface area contributed by atoms with Crippen LogP contribution in [0.15, 0.2) is 18.2 Å². The number of likely N-dealkylation sites (N-methyl/N-ethyl adjacent to an activating group) is 2. The van der Waals surface area contributed by atoms with Crippen molar-refractivity contribution in [2.75, 3.05) is 33.7 Å². The molecule has 1 unspecified atom stereocenters. The molecule has 1 fully saturated rings. The Morgan fingerprint density at radius 2 is 2.15 bits per heavy atom. The predicted molar refractivity (Wildman–Crippen MR) is 78.7 cm³/mol. The van der Waals surface area contributed by atoms with E-state index in [2.05, 4.69) is 9.80 Å². The van der Waals surface area contributed by atoms with Crippen molar-refractivity contribution < 1.29 is 9.18 Å². The van der Waals surface area contributed by atoms with Crippen LogP contribution in [0.5, 0.6) is 0 Å². The van der Waals surface area contributed by atoms with Crippen molar-refractivity contribution >= 4 is 17.4 Å². The number of carbonyl (C=O) groups is 1. The van der Waals surface area contributed by atoms with Gasteiger partial charge in [-0.1, -0.05) is 23.7 Å². The number of rotatable bonds is 3. The number of nitrogens with zero attached hydrogens (tertiary/aromatic N) is 2. The Balaban J connectivity index is 2.12. The molecule has 1 atom stereocenters. The lowest BCUT2D eigenvalue weighted by Gasteiger charge is -2.26. The molecule has 1 aliphatic rings. The molecule has 0 amide bonds. The number of ketones is 1. The standard InChI is InChI=1S/C15H20ClFN2O/c1-18-7-4-8-19(2)13(10-18)14(20)9-11-5-3-6-12(17)15(11)16/h3,5-6,13H,4,7-10H2,1-2H3. The summed E-state index contributed by atoms with van der Waals surface area (Å²) in [7, 11) is 3.99. The van der Waals surface area contributed by atoms with E-state index in [-0.39, 0.29) is 23.3 Å². The van der Waals surface area contributed by atoms with Crippen molar-refractivity contribution in [2.24, 2.45) is 0 Å². The molecule has 0 radical (unpaired) electrons. The van der Waals surface area contributed by atoms with Crippen LogP contribution in [-0.4, -0.2) is 55.4 Å². The summed E-state index contributed by atoms with van der Waals surface area (Å²) in [4.78, 5) is 16.7. The highest BCUT2D eigenvalue weighted by atomic mass is 35.5. The summed E-state index contributed by atoms with van der Waals surface area (Å²) < 4.78 is 13.4. The monoisotopic (exact) mass is 298 g/mol. The number of Topliss-reactive ketones (excluding diaryl/α,β-unsaturated/α-hetero) is 1. The van der Waals surface area contributed by atoms with Crippen LogP contribution in [0, 0.1) is 5.82 Å². The molecule has 0 spiro atoms. The van der Waals surface area contributed by atoms with Crippen molar-refractivity contribution in [3.63, 3.8) is 0 Å². The molecule has 1 saturated heterocycles. The second-order valence-electron chi connectivity index (χ2n) is 5.47. The SMILES string of the molecule is CN1CCCN(C)C(C(=O)Cc2cccc(F)c2Cl)C1. The summed E-state index contributed by atoms with van der Waals surface area (Å²) in [5.41, 5.74) is 0.567. The van der Waals surface area contributed by atoms with E-state index in [1.54, 1.807) is 12.1 Å². The lowest BCUT2D eigenvalue weighted by molar-refractivity contribution is -0.123. The number of benzene rings is 1. The molecule has 2 rings (SSSR count). The van der Waals surface area contributed by atoms with Crippen LogP contribution < -0.4 is 0 Å². The van der Waals surface area contributed by atoms with Crippen molar-refractivity contribution in [1.29, 1.82) is 0 Å². The van der Waals surface area contributed by atoms with Gasteiger partial charge in [-0.2, -0.15) is 0 Å². The zero-order valence-corrected chi connectivity index (χ0v) is 12.7. The quantitative estimate of drug-likeness (QED) is 0.855. The fourth-order valence-electron chi connectivity index (χ4n) is 2.61. The van der Waals surface area contributed by atoms with Gasteiger partial charge in [0.1, 0.15) is 5.82 Å². The lowest BCUT2D eigenvalue weighted by Crippen LogP contribution is -2.44. The van der Waals surface area contributed by atoms with E-state index in [1.165, 1.54) is 6.07 Å². The fourth-order valence-corrected chi connectivity index (χ4v) is 2.80. The predicted octanol–water partition coefficient (Wildman–Crippen LogP) is 2.23. The van der Waals surface area contributed by atoms with Gasteiger partial charge in [0, 0.05) is 13.0 Å². The van der Waals surface area contributed by atoms with Gasteiger partial charge < -0.3 is 4.90 Å². The summed E-state index contributed by atoms with van der Waals surface area (Å²) in [5, 5.41) is 0.0606. The highest BCUT2D eigenvalue weighted by Gasteiger charge is 2.27. The summed E-state index contributed by atoms with van der Waals surface area (Å²) in [5.74, 6) is -0.378. The average Bonchev–Trinajstić information content (AvgIpc) is 2.57. The number of halogens is 2. The van der Waals surface area contributed by atoms with Crippen molar-refractivity contribution in [2.45, 2.75) is 18.9 Å². The molecule has 1 aromatic rings. The molecule has 0 N–H and O–H groups in total. The van der Waals surface area contributed by atoms with E-state index in [4.69, 9.17) is 11.6 Å². The second-order valence-corrected chi connectivity index (χ2v) is 5.85. The zero-order valence-electron chi connectivity index (χ0n) is 11.9. The lowest BCUT2D eigenvalue weighted by atomic mass is 10.0. The van der Waals surface area contributed by atoms with E-state index in [1.807, 2.05) is 14.1 Å². The van der Waals surface area contributed by atoms with Gasteiger partial charge in [0.2, 0.25) is 0 Å². The van der Waals surface area contributed by atoms with Gasteiger partial charge >= 0.3 is 0 Å². The van der Waals surface area contributed by atoms with Crippen LogP contribution in [-0.2, 0) is 11.2 Å². The molecule has 0 saturated carbocycles. The third kappa shape index (κ3) is 3.57. The van der Waals surface area contributed by atoms with Gasteiger partial charge in [-0.15, -0.1) is 0 Å². The number of hydrogen-bond acceptors (Lipinski definition) is 3. The Labute approximate surface area is 124 Å². The van der Waals surface area contributed by atoms with Crippen LogP contribution >= 0.6 is 11.6 Å². The highest BCUT2D eigenvalue weighted by molar-refractivity contribution is 6.31. The second kappa shape index (κ2) is 6.66. The minimum Gasteiger partial charge on any atom is -0.304 e. The van der Waals surface area contributed by atoms with Gasteiger partial charge in [0.05, 0.1) is 11.1 Å². The first-order valence-corrected chi connectivity index (χ1v) is 7.21. The van der Waals surface area contributed by atoms with Crippen molar-refractivity contribution in [1.82, 2.24) is 9.80 Å². The minimum atomic E-state index is -0.469. The Morgan fingerprint density at radius 1 is 1.40 bits per heavy atom. The zero-order chi connectivity index (χ0) is 14.7. The van der Waals surface area contributed by atoms with Gasteiger partial charge in [0.25, 0.3) is 0 Å². The number of carbonyl (C=O) groups excluding carboxylic acids is 1. The van der Waals surface area contributed by atoms with Gasteiger partial charge in [0.15, 0.2) is 5.78 Å². The molecule has 1 aromatic carbocycles. The van der Waals surface area contributed by atoms with Crippen molar-refractivity contribution in [3.05, 3.63) is 34.6 Å². The molecular formula is C15H20ClFN2O. The molecule has 1 heterocycles. The largest absolute Gasteiger partial charge is 0.304 e. The Morgan fingerprint density at radius 3 is 2.90 bits per heavy atom. The molecule has 1 aliphatic heterocycles. The average molecular weight is 299 g/mol. The maximum Gasteiger partial charge on any atom is 0.155 e. The molecular weight excluding hydrogens is 279 g/mol. The maximum absolute atomic E-state index is 13.4. The first-order chi connectivity index (χ1) is 9.49. The Bertz CT molecular complexity index is 495. The van der Waals surface area contributed by atoms with Crippen molar-refractivity contribution in [3.8, 4) is 0 Å². The van der Waals surface area contributed by atoms with Gasteiger partial charge in [-0.05, 0) is 45.2 Å². The first kappa shape index (κ1) is 15.4. The van der Waals surface area contributed by atoms with Crippen LogP contribution in [0.4, 0.5) is 4.39 Å². The Hall–Kier alpha value is -0.970. The maximum atomic E-state index is 13.4. The third-order valence-corrected chi connectivity index (χ3v) is 4.26. The molecule has 110 valence electrons. The molecule has 20 heavy (non-hydrogen) atoms. The summed E-state index contributed by atoms with van der Waals surface area (Å²) >= 11 is 5.92. The first-order valence-electron chi connectivity index (χ1n) is 6.83. The molecule has 0 bridgehead atoms. The van der Waals surface area contributed by atoms with E-state index >= 15 is 0 Å². The van der Waals surface area contributed by atoms with E-state index in [9.17, 15) is 9.18 Å². The summed E-state index contributed by atoms with van der Waals surface area (Å²) in [6, 6.07) is 4.46. The van der Waals surface area contributed by atoms with Crippen LogP contribution in [0.2, 0.25) is 5.02 Å². The smallest absolute Gasteiger partial charge is 0.155 e. The molecule has 0 aliphatic carbocycles. The molecule has 3 nitrogen and oxygen atoms in total. The summed E-state index contributed by atoms with van der Waals surface area (Å²) in [6.45, 7) is 2.61. The topological polar surface area (TPSA) is 23.6 Å². The number of hydrogen-bond donors (Lipinski definition) is 0. The van der Waals surface area contributed by atoms with E-state index in [0.717, 1.165) is 19.5 Å². The minimum absolute atomic E-state index is 0.0606. The van der Waals surface area contributed by atoms with Gasteiger partial charge in [-0.25, -0.2) is 4.39 Å². The van der Waals surface area contributed by atoms with Crippen LogP contribution in [0.1, 0.15) is 12.0 Å². The van der Waals surface area contributed by atoms with Crippen LogP contribution in [0.3, 0.4) is 0 Å². The Kier molecular flexibility index (Phi) is 5.13. The normalized spacial score (nSPS) is 21.7. The summed E-state index contributed by atoms with van der Waals surface area (Å²) in [6.07, 6.45) is 1.23. The molecule has 5 heteroatoms. The van der Waals surface area contributed by atoms with Gasteiger partial charge in [-0.3, -0.25) is 9.69 Å². The van der Waals surface area contributed by atoms with E-state index < -0.39 is 5.82 Å². The molecule has 0 aromatic heterocycles. The third-order valence-electron chi connectivity index (χ3n) is 3.84. The fraction of sp³-hybridized carbons (Fsp3) is 0.533. The van der Waals surface area contributed by atoms with Crippen LogP contribution in [0.25, 0.3) is 0 Å². The van der Waals surface area contributed by atoms with E-state index in [0.29, 0.717) is 12.1 Å².